The van der Waals surface area contributed by atoms with E-state index in [1.807, 2.05) is 0 Å². The van der Waals surface area contributed by atoms with Gasteiger partial charge in [0.15, 0.2) is 0 Å². The summed E-state index contributed by atoms with van der Waals surface area (Å²) in [5, 5.41) is 9.99. The molecule has 0 aromatic carbocycles. The van der Waals surface area contributed by atoms with E-state index in [-0.39, 0.29) is 5.92 Å². The van der Waals surface area contributed by atoms with Crippen molar-refractivity contribution in [3.05, 3.63) is 0 Å². The maximum Gasteiger partial charge on any atom is 0.307 e. The van der Waals surface area contributed by atoms with Crippen LogP contribution in [-0.4, -0.2) is 29.2 Å². The second kappa shape index (κ2) is 2.33. The Labute approximate surface area is 53.2 Å². The van der Waals surface area contributed by atoms with Gasteiger partial charge in [0.25, 0.3) is 0 Å². The summed E-state index contributed by atoms with van der Waals surface area (Å²) in [6.07, 6.45) is 0.686. The quantitative estimate of drug-likeness (QED) is 0.459. The normalized spacial score (nSPS) is 28.8. The molecule has 0 saturated carbocycles. The highest BCUT2D eigenvalue weighted by Crippen LogP contribution is 2.11. The Morgan fingerprint density at radius 2 is 2.44 bits per heavy atom. The highest BCUT2D eigenvalue weighted by Gasteiger charge is 2.25. The van der Waals surface area contributed by atoms with Crippen molar-refractivity contribution in [1.29, 1.82) is 0 Å². The Balaban J connectivity index is 2.39. The fraction of sp³-hybridized carbons (Fsp3) is 0.800. The van der Waals surface area contributed by atoms with E-state index >= 15 is 0 Å². The number of nitrogens with two attached hydrogens (primary N) is 1. The molecule has 0 aromatic rings. The van der Waals surface area contributed by atoms with Crippen molar-refractivity contribution in [2.45, 2.75) is 6.42 Å². The van der Waals surface area contributed by atoms with Crippen molar-refractivity contribution >= 4 is 5.97 Å². The number of nitrogens with zero attached hydrogens (tertiary/aromatic N) is 1. The fourth-order valence-electron chi connectivity index (χ4n) is 0.989. The summed E-state index contributed by atoms with van der Waals surface area (Å²) in [4.78, 5) is 10.3. The molecule has 1 fully saturated rings. The third kappa shape index (κ3) is 1.40. The van der Waals surface area contributed by atoms with Gasteiger partial charge in [0.1, 0.15) is 0 Å². The summed E-state index contributed by atoms with van der Waals surface area (Å²) < 4.78 is 0. The third-order valence-corrected chi connectivity index (χ3v) is 1.57. The number of carboxylic acids is 1. The predicted octanol–water partition coefficient (Wildman–Crippen LogP) is -0.733. The largest absolute Gasteiger partial charge is 0.481 e. The Morgan fingerprint density at radius 3 is 2.67 bits per heavy atom. The van der Waals surface area contributed by atoms with E-state index in [4.69, 9.17) is 10.9 Å². The topological polar surface area (TPSA) is 66.6 Å². The van der Waals surface area contributed by atoms with Crippen molar-refractivity contribution in [3.8, 4) is 0 Å². The van der Waals surface area contributed by atoms with Crippen LogP contribution >= 0.6 is 0 Å². The molecule has 4 nitrogen and oxygen atoms in total. The molecule has 4 heteroatoms. The third-order valence-electron chi connectivity index (χ3n) is 1.57. The number of carboxylic acid groups (broad SMARTS) is 1. The Kier molecular flexibility index (Phi) is 1.68. The molecule has 1 aliphatic rings. The Bertz CT molecular complexity index is 126. The van der Waals surface area contributed by atoms with Crippen LogP contribution in [0.5, 0.6) is 0 Å². The molecular formula is C5H10N2O2. The first-order chi connectivity index (χ1) is 4.20. The maximum absolute atomic E-state index is 10.3. The van der Waals surface area contributed by atoms with Gasteiger partial charge < -0.3 is 5.11 Å². The molecule has 0 radical (unpaired) electrons. The summed E-state index contributed by atoms with van der Waals surface area (Å²) in [6, 6.07) is 0. The van der Waals surface area contributed by atoms with Gasteiger partial charge in [-0.25, -0.2) is 5.01 Å². The van der Waals surface area contributed by atoms with Crippen LogP contribution in [0.1, 0.15) is 6.42 Å². The summed E-state index contributed by atoms with van der Waals surface area (Å²) in [7, 11) is 0. The van der Waals surface area contributed by atoms with Crippen molar-refractivity contribution in [3.63, 3.8) is 0 Å². The van der Waals surface area contributed by atoms with E-state index < -0.39 is 5.97 Å². The summed E-state index contributed by atoms with van der Waals surface area (Å²) >= 11 is 0. The van der Waals surface area contributed by atoms with Crippen LogP contribution in [0.2, 0.25) is 0 Å². The van der Waals surface area contributed by atoms with Crippen LogP contribution in [0.4, 0.5) is 0 Å². The average Bonchev–Trinajstić information content (AvgIpc) is 2.14. The van der Waals surface area contributed by atoms with Crippen molar-refractivity contribution in [2.75, 3.05) is 13.1 Å². The van der Waals surface area contributed by atoms with Crippen molar-refractivity contribution < 1.29 is 9.90 Å². The second-order valence-electron chi connectivity index (χ2n) is 2.32. The predicted molar refractivity (Wildman–Crippen MR) is 31.5 cm³/mol. The minimum atomic E-state index is -0.733. The van der Waals surface area contributed by atoms with Crippen LogP contribution in [0.25, 0.3) is 0 Å². The number of hydrogen-bond donors (Lipinski definition) is 2. The molecule has 0 aliphatic carbocycles. The molecule has 0 amide bonds. The highest BCUT2D eigenvalue weighted by molar-refractivity contribution is 5.70. The Hall–Kier alpha value is -0.610. The summed E-state index contributed by atoms with van der Waals surface area (Å²) in [5.41, 5.74) is 0. The van der Waals surface area contributed by atoms with Gasteiger partial charge in [-0.2, -0.15) is 0 Å². The molecular weight excluding hydrogens is 120 g/mol. The van der Waals surface area contributed by atoms with E-state index in [2.05, 4.69) is 0 Å². The van der Waals surface area contributed by atoms with Gasteiger partial charge in [-0.05, 0) is 6.42 Å². The summed E-state index contributed by atoms with van der Waals surface area (Å²) in [6.45, 7) is 1.20. The minimum absolute atomic E-state index is 0.241. The van der Waals surface area contributed by atoms with Crippen LogP contribution in [0, 0.1) is 5.92 Å². The van der Waals surface area contributed by atoms with Gasteiger partial charge in [0.2, 0.25) is 0 Å². The van der Waals surface area contributed by atoms with E-state index in [1.54, 1.807) is 5.01 Å². The highest BCUT2D eigenvalue weighted by atomic mass is 16.4. The lowest BCUT2D eigenvalue weighted by molar-refractivity contribution is -0.141. The number of rotatable bonds is 1. The van der Waals surface area contributed by atoms with Gasteiger partial charge in [0.05, 0.1) is 5.92 Å². The molecule has 1 aliphatic heterocycles. The maximum atomic E-state index is 10.3. The molecule has 52 valence electrons. The van der Waals surface area contributed by atoms with Gasteiger partial charge in [-0.3, -0.25) is 10.6 Å². The molecule has 9 heavy (non-hydrogen) atoms. The zero-order chi connectivity index (χ0) is 6.85. The lowest BCUT2D eigenvalue weighted by Crippen LogP contribution is -2.29. The molecule has 1 saturated heterocycles. The van der Waals surface area contributed by atoms with Crippen molar-refractivity contribution in [1.82, 2.24) is 5.01 Å². The molecule has 1 heterocycles. The SMILES string of the molecule is NN1CC[C@H](C(=O)O)C1. The van der Waals surface area contributed by atoms with Gasteiger partial charge in [0, 0.05) is 13.1 Å². The standard InChI is InChI=1S/C5H10N2O2/c6-7-2-1-4(3-7)5(8)9/h4H,1-3,6H2,(H,8,9)/t4-/m0/s1. The molecule has 0 unspecified atom stereocenters. The van der Waals surface area contributed by atoms with Crippen LogP contribution in [0.3, 0.4) is 0 Å². The first kappa shape index (κ1) is 6.51. The lowest BCUT2D eigenvalue weighted by atomic mass is 10.1. The molecule has 1 atom stereocenters. The van der Waals surface area contributed by atoms with Crippen LogP contribution < -0.4 is 5.84 Å². The average molecular weight is 130 g/mol. The van der Waals surface area contributed by atoms with Crippen LogP contribution in [-0.2, 0) is 4.79 Å². The number of hydrogen-bond acceptors (Lipinski definition) is 3. The molecule has 0 spiro atoms. The first-order valence-corrected chi connectivity index (χ1v) is 2.92. The second-order valence-corrected chi connectivity index (χ2v) is 2.32. The monoisotopic (exact) mass is 130 g/mol. The molecule has 0 bridgehead atoms. The van der Waals surface area contributed by atoms with E-state index in [0.29, 0.717) is 19.5 Å². The number of carbonyl (C=O) groups is 1. The lowest BCUT2D eigenvalue weighted by Gasteiger charge is -2.04. The molecule has 3 N–H and O–H groups in total. The van der Waals surface area contributed by atoms with Gasteiger partial charge in [-0.1, -0.05) is 0 Å². The number of hydrazine groups is 1. The zero-order valence-electron chi connectivity index (χ0n) is 5.08. The molecule has 1 rings (SSSR count). The van der Waals surface area contributed by atoms with E-state index in [1.165, 1.54) is 0 Å². The van der Waals surface area contributed by atoms with E-state index in [9.17, 15) is 4.79 Å². The first-order valence-electron chi connectivity index (χ1n) is 2.92. The Morgan fingerprint density at radius 1 is 1.78 bits per heavy atom. The van der Waals surface area contributed by atoms with Crippen molar-refractivity contribution in [2.24, 2.45) is 11.8 Å². The fourth-order valence-corrected chi connectivity index (χ4v) is 0.989. The molecule has 0 aromatic heterocycles. The summed E-state index contributed by atoms with van der Waals surface area (Å²) in [5.74, 6) is 4.36. The smallest absolute Gasteiger partial charge is 0.307 e. The van der Waals surface area contributed by atoms with E-state index in [0.717, 1.165) is 0 Å². The minimum Gasteiger partial charge on any atom is -0.481 e. The van der Waals surface area contributed by atoms with Gasteiger partial charge in [-0.15, -0.1) is 0 Å². The zero-order valence-corrected chi connectivity index (χ0v) is 5.08. The van der Waals surface area contributed by atoms with Crippen LogP contribution in [0.15, 0.2) is 0 Å². The van der Waals surface area contributed by atoms with Gasteiger partial charge >= 0.3 is 5.97 Å². The number of aliphatic carboxylic acids is 1.